The van der Waals surface area contributed by atoms with E-state index in [9.17, 15) is 10.3 Å². The first-order valence-corrected chi connectivity index (χ1v) is 17.8. The van der Waals surface area contributed by atoms with Gasteiger partial charge in [0.25, 0.3) is 0 Å². The van der Waals surface area contributed by atoms with Gasteiger partial charge in [-0.05, 0) is 67.5 Å². The van der Waals surface area contributed by atoms with Gasteiger partial charge < -0.3 is 19.6 Å². The van der Waals surface area contributed by atoms with Crippen molar-refractivity contribution in [3.63, 3.8) is 0 Å². The Morgan fingerprint density at radius 3 is 2.62 bits per heavy atom. The van der Waals surface area contributed by atoms with Gasteiger partial charge in [-0.25, -0.2) is 9.97 Å². The Morgan fingerprint density at radius 2 is 2.00 bits per heavy atom. The molecule has 1 atom stereocenters. The van der Waals surface area contributed by atoms with Crippen molar-refractivity contribution in [2.75, 3.05) is 23.3 Å². The van der Waals surface area contributed by atoms with Crippen LogP contribution in [0.1, 0.15) is 64.8 Å². The van der Waals surface area contributed by atoms with Gasteiger partial charge in [0, 0.05) is 49.3 Å². The predicted molar refractivity (Wildman–Crippen MR) is 174 cm³/mol. The lowest BCUT2D eigenvalue weighted by Gasteiger charge is -2.39. The first kappa shape index (κ1) is 31.7. The highest BCUT2D eigenvalue weighted by molar-refractivity contribution is 6.74. The highest BCUT2D eigenvalue weighted by Gasteiger charge is 2.46. The first-order chi connectivity index (χ1) is 19.5. The summed E-state index contributed by atoms with van der Waals surface area (Å²) in [6.07, 6.45) is 5.59. The van der Waals surface area contributed by atoms with Crippen LogP contribution in [0.25, 0.3) is 11.3 Å². The molecule has 0 saturated heterocycles. The third-order valence-electron chi connectivity index (χ3n) is 8.76. The summed E-state index contributed by atoms with van der Waals surface area (Å²) in [5.41, 5.74) is 5.28. The number of benzene rings is 1. The molecule has 0 fully saturated rings. The number of anilines is 3. The smallest absolute Gasteiger partial charge is 0.409 e. The molecular formula is C31H46BN7O2Si. The zero-order valence-corrected chi connectivity index (χ0v) is 27.9. The van der Waals surface area contributed by atoms with Crippen LogP contribution in [-0.2, 0) is 23.3 Å². The van der Waals surface area contributed by atoms with Gasteiger partial charge in [-0.15, -0.1) is 0 Å². The lowest BCUT2D eigenvalue weighted by molar-refractivity contribution is 0.218. The topological polar surface area (TPSA) is 112 Å². The van der Waals surface area contributed by atoms with Crippen molar-refractivity contribution in [2.45, 2.75) is 84.8 Å². The number of nitrogens with one attached hydrogen (secondary N) is 1. The SMILES string of the molecule is CB(O)N1C[C@](C)(CO[Si](C)(C)C(C)(C)C)c2cc(-c3ccnc(Nc4cn(C)nc4CCC(C)C)n3)cc(C#N)c21. The molecule has 11 heteroatoms. The van der Waals surface area contributed by atoms with Gasteiger partial charge in [-0.3, -0.25) is 4.68 Å². The Balaban J connectivity index is 1.72. The molecule has 42 heavy (non-hydrogen) atoms. The van der Waals surface area contributed by atoms with Gasteiger partial charge in [0.1, 0.15) is 6.07 Å². The molecule has 0 spiro atoms. The summed E-state index contributed by atoms with van der Waals surface area (Å²) in [4.78, 5) is 11.2. The molecule has 9 nitrogen and oxygen atoms in total. The largest absolute Gasteiger partial charge is 0.432 e. The highest BCUT2D eigenvalue weighted by Crippen LogP contribution is 2.47. The standard InChI is InChI=1S/C31H46BN7O2Si/c1-21(2)11-12-26-27(18-38(8)37-26)36-29-34-14-13-25(35-29)22-15-23(17-33)28-24(16-22)31(6,19-39(28)32(7)40)20-41-42(9,10)30(3,4)5/h13-16,18,21,40H,11-12,19-20H2,1-10H3,(H,34,35,36)/t31-/m1/s1. The van der Waals surface area contributed by atoms with Crippen LogP contribution in [-0.4, -0.2) is 53.3 Å². The van der Waals surface area contributed by atoms with Gasteiger partial charge in [0.05, 0.1) is 22.6 Å². The van der Waals surface area contributed by atoms with E-state index in [0.29, 0.717) is 36.3 Å². The fraction of sp³-hybridized carbons (Fsp3) is 0.548. The Bertz CT molecular complexity index is 1470. The van der Waals surface area contributed by atoms with Crippen LogP contribution in [0.4, 0.5) is 17.3 Å². The van der Waals surface area contributed by atoms with Crippen LogP contribution in [0, 0.1) is 17.2 Å². The molecular weight excluding hydrogens is 541 g/mol. The number of hydrogen-bond acceptors (Lipinski definition) is 8. The molecule has 1 aromatic carbocycles. The minimum atomic E-state index is -2.03. The monoisotopic (exact) mass is 587 g/mol. The fourth-order valence-corrected chi connectivity index (χ4v) is 6.24. The average Bonchev–Trinajstić information content (AvgIpc) is 3.42. The Labute approximate surface area is 252 Å². The quantitative estimate of drug-likeness (QED) is 0.266. The summed E-state index contributed by atoms with van der Waals surface area (Å²) in [5, 5.41) is 29.0. The number of hydrogen-bond donors (Lipinski definition) is 2. The summed E-state index contributed by atoms with van der Waals surface area (Å²) >= 11 is 0. The molecule has 3 aromatic rings. The Kier molecular flexibility index (Phi) is 8.93. The lowest BCUT2D eigenvalue weighted by atomic mass is 9.83. The number of rotatable bonds is 10. The van der Waals surface area contributed by atoms with Crippen molar-refractivity contribution in [3.8, 4) is 17.3 Å². The molecule has 2 N–H and O–H groups in total. The van der Waals surface area contributed by atoms with Crippen LogP contribution in [0.2, 0.25) is 25.0 Å². The Morgan fingerprint density at radius 1 is 1.29 bits per heavy atom. The summed E-state index contributed by atoms with van der Waals surface area (Å²) in [6, 6.07) is 8.22. The van der Waals surface area contributed by atoms with E-state index in [4.69, 9.17) is 9.41 Å². The van der Waals surface area contributed by atoms with Crippen LogP contribution < -0.4 is 10.1 Å². The predicted octanol–water partition coefficient (Wildman–Crippen LogP) is 6.29. The molecule has 4 rings (SSSR count). The maximum atomic E-state index is 10.7. The van der Waals surface area contributed by atoms with E-state index in [1.54, 1.807) is 13.0 Å². The van der Waals surface area contributed by atoms with Crippen molar-refractivity contribution in [3.05, 3.63) is 47.4 Å². The third-order valence-corrected chi connectivity index (χ3v) is 13.2. The maximum Gasteiger partial charge on any atom is 0.409 e. The number of aryl methyl sites for hydroxylation is 2. The van der Waals surface area contributed by atoms with E-state index in [0.717, 1.165) is 41.0 Å². The minimum Gasteiger partial charge on any atom is -0.432 e. The van der Waals surface area contributed by atoms with Crippen molar-refractivity contribution in [2.24, 2.45) is 13.0 Å². The summed E-state index contributed by atoms with van der Waals surface area (Å²) in [7, 11) is -0.857. The van der Waals surface area contributed by atoms with Crippen molar-refractivity contribution >= 4 is 32.7 Å². The third kappa shape index (κ3) is 6.56. The zero-order chi connectivity index (χ0) is 31.0. The minimum absolute atomic E-state index is 0.0711. The number of nitrogens with zero attached hydrogens (tertiary/aromatic N) is 6. The maximum absolute atomic E-state index is 10.7. The van der Waals surface area contributed by atoms with Crippen molar-refractivity contribution in [1.29, 1.82) is 5.26 Å². The molecule has 0 unspecified atom stereocenters. The van der Waals surface area contributed by atoms with Gasteiger partial charge >= 0.3 is 7.05 Å². The molecule has 0 radical (unpaired) electrons. The second kappa shape index (κ2) is 11.8. The normalized spacial score (nSPS) is 17.0. The molecule has 224 valence electrons. The van der Waals surface area contributed by atoms with E-state index >= 15 is 0 Å². The van der Waals surface area contributed by atoms with Crippen molar-refractivity contribution in [1.82, 2.24) is 19.7 Å². The molecule has 0 saturated carbocycles. The molecule has 0 amide bonds. The van der Waals surface area contributed by atoms with Gasteiger partial charge in [-0.1, -0.05) is 41.5 Å². The van der Waals surface area contributed by atoms with Crippen LogP contribution >= 0.6 is 0 Å². The molecule has 1 aliphatic rings. The van der Waals surface area contributed by atoms with Crippen molar-refractivity contribution < 1.29 is 9.45 Å². The number of nitriles is 1. The summed E-state index contributed by atoms with van der Waals surface area (Å²) in [6.45, 7) is 20.6. The molecule has 2 aromatic heterocycles. The molecule has 1 aliphatic heterocycles. The van der Waals surface area contributed by atoms with Gasteiger partial charge in [0.2, 0.25) is 5.95 Å². The van der Waals surface area contributed by atoms with E-state index < -0.39 is 20.8 Å². The number of aromatic nitrogens is 4. The van der Waals surface area contributed by atoms with Crippen LogP contribution in [0.15, 0.2) is 30.6 Å². The van der Waals surface area contributed by atoms with E-state index in [2.05, 4.69) is 82.2 Å². The van der Waals surface area contributed by atoms with E-state index in [-0.39, 0.29) is 5.04 Å². The molecule has 0 bridgehead atoms. The Hall–Kier alpha value is -3.20. The highest BCUT2D eigenvalue weighted by atomic mass is 28.4. The van der Waals surface area contributed by atoms with E-state index in [1.807, 2.05) is 34.9 Å². The van der Waals surface area contributed by atoms with E-state index in [1.165, 1.54) is 0 Å². The van der Waals surface area contributed by atoms with Gasteiger partial charge in [-0.2, -0.15) is 10.4 Å². The average molecular weight is 588 g/mol. The number of fused-ring (bicyclic) bond motifs is 1. The second-order valence-corrected chi connectivity index (χ2v) is 18.7. The van der Waals surface area contributed by atoms with Gasteiger partial charge in [0.15, 0.2) is 8.32 Å². The van der Waals surface area contributed by atoms with Crippen LogP contribution in [0.3, 0.4) is 0 Å². The first-order valence-electron chi connectivity index (χ1n) is 14.8. The summed E-state index contributed by atoms with van der Waals surface area (Å²) in [5.74, 6) is 1.05. The fourth-order valence-electron chi connectivity index (χ4n) is 5.12. The second-order valence-electron chi connectivity index (χ2n) is 13.9. The summed E-state index contributed by atoms with van der Waals surface area (Å²) < 4.78 is 8.53. The molecule has 0 aliphatic carbocycles. The molecule has 3 heterocycles. The zero-order valence-electron chi connectivity index (χ0n) is 26.9. The van der Waals surface area contributed by atoms with Crippen LogP contribution in [0.5, 0.6) is 0 Å². The lowest BCUT2D eigenvalue weighted by Crippen LogP contribution is -2.47.